The monoisotopic (exact) mass is 406 g/mol. The van der Waals surface area contributed by atoms with E-state index >= 15 is 0 Å². The Balaban J connectivity index is 1.96. The summed E-state index contributed by atoms with van der Waals surface area (Å²) in [4.78, 5) is 0. The van der Waals surface area contributed by atoms with Crippen molar-refractivity contribution in [3.8, 4) is 0 Å². The molecule has 1 aromatic heterocycles. The zero-order valence-corrected chi connectivity index (χ0v) is 17.7. The zero-order valence-electron chi connectivity index (χ0n) is 16.9. The van der Waals surface area contributed by atoms with Crippen molar-refractivity contribution in [1.82, 2.24) is 14.8 Å². The molecule has 0 bridgehead atoms. The van der Waals surface area contributed by atoms with Crippen LogP contribution in [-0.2, 0) is 26.9 Å². The van der Waals surface area contributed by atoms with Crippen LogP contribution < -0.4 is 5.73 Å². The summed E-state index contributed by atoms with van der Waals surface area (Å²) >= 11 is 0. The molecule has 2 heterocycles. The quantitative estimate of drug-likeness (QED) is 0.723. The molecule has 7 nitrogen and oxygen atoms in total. The zero-order chi connectivity index (χ0) is 20.3. The third-order valence-corrected chi connectivity index (χ3v) is 6.58. The van der Waals surface area contributed by atoms with Crippen molar-refractivity contribution < 1.29 is 13.2 Å². The highest BCUT2D eigenvalue weighted by Crippen LogP contribution is 2.24. The molecule has 154 valence electrons. The van der Waals surface area contributed by atoms with Gasteiger partial charge in [-0.15, -0.1) is 10.2 Å². The molecule has 1 aromatic carbocycles. The first-order chi connectivity index (χ1) is 13.3. The largest absolute Gasteiger partial charge is 0.376 e. The molecular formula is C20H30N4O3S. The van der Waals surface area contributed by atoms with Gasteiger partial charge in [-0.3, -0.25) is 4.57 Å². The molecule has 8 heteroatoms. The maximum absolute atomic E-state index is 13.2. The number of hydrogen-bond donors (Lipinski definition) is 1. The fourth-order valence-corrected chi connectivity index (χ4v) is 5.25. The highest BCUT2D eigenvalue weighted by molar-refractivity contribution is 7.90. The minimum atomic E-state index is -3.67. The van der Waals surface area contributed by atoms with E-state index in [0.29, 0.717) is 19.0 Å². The van der Waals surface area contributed by atoms with Gasteiger partial charge in [-0.1, -0.05) is 42.7 Å². The van der Waals surface area contributed by atoms with E-state index in [0.717, 1.165) is 42.4 Å². The summed E-state index contributed by atoms with van der Waals surface area (Å²) in [7, 11) is -3.67. The Kier molecular flexibility index (Phi) is 6.52. The van der Waals surface area contributed by atoms with E-state index < -0.39 is 9.84 Å². The number of aryl methyl sites for hydroxylation is 2. The first-order valence-electron chi connectivity index (χ1n) is 9.90. The molecule has 2 unspecified atom stereocenters. The van der Waals surface area contributed by atoms with Crippen LogP contribution in [0.1, 0.15) is 61.2 Å². The van der Waals surface area contributed by atoms with Crippen molar-refractivity contribution in [2.24, 2.45) is 5.73 Å². The van der Waals surface area contributed by atoms with Gasteiger partial charge in [-0.2, -0.15) is 0 Å². The maximum Gasteiger partial charge on any atom is 0.250 e. The second-order valence-corrected chi connectivity index (χ2v) is 9.62. The fourth-order valence-electron chi connectivity index (χ4n) is 3.84. The van der Waals surface area contributed by atoms with Crippen LogP contribution in [0, 0.1) is 13.8 Å². The minimum Gasteiger partial charge on any atom is -0.376 e. The van der Waals surface area contributed by atoms with Crippen LogP contribution in [0.2, 0.25) is 0 Å². The molecule has 2 N–H and O–H groups in total. The number of benzene rings is 1. The molecule has 0 amide bonds. The molecule has 1 fully saturated rings. The van der Waals surface area contributed by atoms with Crippen molar-refractivity contribution in [3.63, 3.8) is 0 Å². The first kappa shape index (κ1) is 21.0. The summed E-state index contributed by atoms with van der Waals surface area (Å²) in [5.41, 5.74) is 9.10. The van der Waals surface area contributed by atoms with E-state index in [1.165, 1.54) is 0 Å². The number of rotatable bonds is 8. The molecule has 1 aliphatic rings. The lowest BCUT2D eigenvalue weighted by atomic mass is 10.1. The molecule has 0 saturated carbocycles. The SMILES string of the molecule is CCCC(N)c1nnc(S(=O)(=O)Cc2cc(C)cc(C)c2)n1CC1CCCO1. The second kappa shape index (κ2) is 8.71. The third-order valence-electron chi connectivity index (χ3n) is 5.00. The molecule has 2 aromatic rings. The lowest BCUT2D eigenvalue weighted by Crippen LogP contribution is -2.24. The molecule has 3 rings (SSSR count). The molecule has 0 radical (unpaired) electrons. The van der Waals surface area contributed by atoms with Gasteiger partial charge in [0.25, 0.3) is 0 Å². The van der Waals surface area contributed by atoms with E-state index in [9.17, 15) is 8.42 Å². The van der Waals surface area contributed by atoms with Crippen LogP contribution in [-0.4, -0.2) is 35.9 Å². The van der Waals surface area contributed by atoms with E-state index in [1.807, 2.05) is 39.0 Å². The number of nitrogens with two attached hydrogens (primary N) is 1. The van der Waals surface area contributed by atoms with Crippen LogP contribution in [0.5, 0.6) is 0 Å². The van der Waals surface area contributed by atoms with Crippen molar-refractivity contribution >= 4 is 9.84 Å². The average molecular weight is 407 g/mol. The second-order valence-electron chi connectivity index (χ2n) is 7.74. The lowest BCUT2D eigenvalue weighted by Gasteiger charge is -2.17. The van der Waals surface area contributed by atoms with Gasteiger partial charge in [0, 0.05) is 6.61 Å². The molecule has 28 heavy (non-hydrogen) atoms. The van der Waals surface area contributed by atoms with Gasteiger partial charge in [0.05, 0.1) is 24.4 Å². The predicted molar refractivity (Wildman–Crippen MR) is 108 cm³/mol. The summed E-state index contributed by atoms with van der Waals surface area (Å²) in [5, 5.41) is 8.23. The molecule has 0 spiro atoms. The topological polar surface area (TPSA) is 100 Å². The van der Waals surface area contributed by atoms with Gasteiger partial charge in [0.1, 0.15) is 0 Å². The summed E-state index contributed by atoms with van der Waals surface area (Å²) < 4.78 is 33.8. The van der Waals surface area contributed by atoms with Gasteiger partial charge in [-0.05, 0) is 38.7 Å². The average Bonchev–Trinajstić information content (AvgIpc) is 3.24. The van der Waals surface area contributed by atoms with E-state index in [1.54, 1.807) is 4.57 Å². The van der Waals surface area contributed by atoms with Crippen molar-refractivity contribution in [2.45, 2.75) is 76.1 Å². The van der Waals surface area contributed by atoms with Gasteiger partial charge in [0.15, 0.2) is 5.82 Å². The predicted octanol–water partition coefficient (Wildman–Crippen LogP) is 2.85. The summed E-state index contributed by atoms with van der Waals surface area (Å²) in [6.45, 7) is 7.09. The van der Waals surface area contributed by atoms with Gasteiger partial charge < -0.3 is 10.5 Å². The molecule has 2 atom stereocenters. The number of ether oxygens (including phenoxy) is 1. The molecule has 0 aliphatic carbocycles. The van der Waals surface area contributed by atoms with Crippen LogP contribution in [0.4, 0.5) is 0 Å². The third kappa shape index (κ3) is 4.79. The normalized spacial score (nSPS) is 18.5. The Hall–Kier alpha value is -1.77. The Labute approximate surface area is 167 Å². The van der Waals surface area contributed by atoms with Crippen LogP contribution in [0.25, 0.3) is 0 Å². The van der Waals surface area contributed by atoms with Gasteiger partial charge in [-0.25, -0.2) is 8.42 Å². The van der Waals surface area contributed by atoms with E-state index in [4.69, 9.17) is 10.5 Å². The van der Waals surface area contributed by atoms with E-state index in [2.05, 4.69) is 10.2 Å². The Morgan fingerprint density at radius 3 is 2.57 bits per heavy atom. The van der Waals surface area contributed by atoms with Gasteiger partial charge in [0.2, 0.25) is 15.0 Å². The number of nitrogens with zero attached hydrogens (tertiary/aromatic N) is 3. The first-order valence-corrected chi connectivity index (χ1v) is 11.6. The molecule has 1 aliphatic heterocycles. The summed E-state index contributed by atoms with van der Waals surface area (Å²) in [6.07, 6.45) is 3.46. The maximum atomic E-state index is 13.2. The highest BCUT2D eigenvalue weighted by atomic mass is 32.2. The van der Waals surface area contributed by atoms with Crippen LogP contribution >= 0.6 is 0 Å². The van der Waals surface area contributed by atoms with Crippen LogP contribution in [0.3, 0.4) is 0 Å². The van der Waals surface area contributed by atoms with Gasteiger partial charge >= 0.3 is 0 Å². The summed E-state index contributed by atoms with van der Waals surface area (Å²) in [5.74, 6) is 0.415. The number of hydrogen-bond acceptors (Lipinski definition) is 6. The Morgan fingerprint density at radius 2 is 1.96 bits per heavy atom. The number of sulfone groups is 1. The standard InChI is InChI=1S/C20H30N4O3S/c1-4-6-18(21)19-22-23-20(24(19)12-17-7-5-8-27-17)28(25,26)13-16-10-14(2)9-15(3)11-16/h9-11,17-18H,4-8,12-13,21H2,1-3H3. The van der Waals surface area contributed by atoms with E-state index in [-0.39, 0.29) is 23.1 Å². The smallest absolute Gasteiger partial charge is 0.250 e. The lowest BCUT2D eigenvalue weighted by molar-refractivity contribution is 0.0936. The minimum absolute atomic E-state index is 0.0105. The molecular weight excluding hydrogens is 376 g/mol. The number of aromatic nitrogens is 3. The highest BCUT2D eigenvalue weighted by Gasteiger charge is 2.29. The van der Waals surface area contributed by atoms with Crippen LogP contribution in [0.15, 0.2) is 23.4 Å². The summed E-state index contributed by atoms with van der Waals surface area (Å²) in [6, 6.07) is 5.48. The van der Waals surface area contributed by atoms with Crippen molar-refractivity contribution in [3.05, 3.63) is 40.7 Å². The van der Waals surface area contributed by atoms with Crippen molar-refractivity contribution in [1.29, 1.82) is 0 Å². The van der Waals surface area contributed by atoms with Crippen molar-refractivity contribution in [2.75, 3.05) is 6.61 Å². The Morgan fingerprint density at radius 1 is 1.25 bits per heavy atom. The molecule has 1 saturated heterocycles. The Bertz CT molecular complexity index is 897. The fraction of sp³-hybridized carbons (Fsp3) is 0.600.